The monoisotopic (exact) mass is 338 g/mol. The van der Waals surface area contributed by atoms with Crippen molar-refractivity contribution in [2.24, 2.45) is 0 Å². The number of nitrogens with zero attached hydrogens (tertiary/aromatic N) is 2. The molecule has 0 bridgehead atoms. The van der Waals surface area contributed by atoms with Gasteiger partial charge in [-0.3, -0.25) is 4.79 Å². The number of anilines is 2. The van der Waals surface area contributed by atoms with Crippen molar-refractivity contribution < 1.29 is 4.79 Å². The van der Waals surface area contributed by atoms with Crippen LogP contribution in [0.1, 0.15) is 60.4 Å². The molecular formula is C20H26N4O. The largest absolute Gasteiger partial charge is 0.348 e. The first-order valence-corrected chi connectivity index (χ1v) is 9.10. The van der Waals surface area contributed by atoms with Gasteiger partial charge >= 0.3 is 0 Å². The van der Waals surface area contributed by atoms with E-state index in [0.717, 1.165) is 18.5 Å². The Morgan fingerprint density at radius 3 is 2.52 bits per heavy atom. The second kappa shape index (κ2) is 8.10. The van der Waals surface area contributed by atoms with Crippen molar-refractivity contribution in [3.05, 3.63) is 47.4 Å². The molecular weight excluding hydrogens is 312 g/mol. The Morgan fingerprint density at radius 2 is 1.80 bits per heavy atom. The lowest BCUT2D eigenvalue weighted by molar-refractivity contribution is 0.0928. The van der Waals surface area contributed by atoms with E-state index in [4.69, 9.17) is 0 Å². The number of amides is 1. The van der Waals surface area contributed by atoms with E-state index in [0.29, 0.717) is 17.3 Å². The standard InChI is InChI=1S/C20H26N4O/c1-14-8-7-11-17(12-14)23-19-13-18(21-15(2)22-19)20(25)24-16-9-5-3-4-6-10-16/h7-8,11-13,16H,3-6,9-10H2,1-2H3,(H,24,25)(H,21,22,23). The Hall–Kier alpha value is -2.43. The molecule has 1 aromatic carbocycles. The van der Waals surface area contributed by atoms with Gasteiger partial charge in [-0.1, -0.05) is 37.8 Å². The highest BCUT2D eigenvalue weighted by molar-refractivity contribution is 5.93. The molecule has 0 saturated heterocycles. The number of aromatic nitrogens is 2. The zero-order chi connectivity index (χ0) is 17.6. The van der Waals surface area contributed by atoms with Crippen LogP contribution >= 0.6 is 0 Å². The number of hydrogen-bond acceptors (Lipinski definition) is 4. The maximum atomic E-state index is 12.6. The lowest BCUT2D eigenvalue weighted by Gasteiger charge is -2.16. The summed E-state index contributed by atoms with van der Waals surface area (Å²) in [7, 11) is 0. The van der Waals surface area contributed by atoms with Crippen molar-refractivity contribution in [1.29, 1.82) is 0 Å². The van der Waals surface area contributed by atoms with Gasteiger partial charge in [-0.05, 0) is 44.4 Å². The van der Waals surface area contributed by atoms with Crippen molar-refractivity contribution >= 4 is 17.4 Å². The highest BCUT2D eigenvalue weighted by Gasteiger charge is 2.17. The summed E-state index contributed by atoms with van der Waals surface area (Å²) >= 11 is 0. The van der Waals surface area contributed by atoms with E-state index in [-0.39, 0.29) is 11.9 Å². The molecule has 0 unspecified atom stereocenters. The lowest BCUT2D eigenvalue weighted by atomic mass is 10.1. The van der Waals surface area contributed by atoms with Gasteiger partial charge in [0.2, 0.25) is 0 Å². The molecule has 1 heterocycles. The third-order valence-corrected chi connectivity index (χ3v) is 4.55. The Balaban J connectivity index is 1.73. The highest BCUT2D eigenvalue weighted by Crippen LogP contribution is 2.19. The third kappa shape index (κ3) is 5.02. The van der Waals surface area contributed by atoms with Gasteiger partial charge in [0.15, 0.2) is 0 Å². The summed E-state index contributed by atoms with van der Waals surface area (Å²) in [6, 6.07) is 10.0. The van der Waals surface area contributed by atoms with Crippen LogP contribution in [0.25, 0.3) is 0 Å². The van der Waals surface area contributed by atoms with Crippen LogP contribution in [0, 0.1) is 13.8 Å². The number of hydrogen-bond donors (Lipinski definition) is 2. The molecule has 1 amide bonds. The smallest absolute Gasteiger partial charge is 0.270 e. The number of carbonyl (C=O) groups is 1. The molecule has 132 valence electrons. The first kappa shape index (κ1) is 17.4. The second-order valence-electron chi connectivity index (χ2n) is 6.84. The number of rotatable bonds is 4. The number of carbonyl (C=O) groups excluding carboxylic acids is 1. The molecule has 1 aliphatic carbocycles. The number of nitrogens with one attached hydrogen (secondary N) is 2. The number of aryl methyl sites for hydroxylation is 2. The van der Waals surface area contributed by atoms with Gasteiger partial charge < -0.3 is 10.6 Å². The van der Waals surface area contributed by atoms with Crippen molar-refractivity contribution in [2.75, 3.05) is 5.32 Å². The van der Waals surface area contributed by atoms with Gasteiger partial charge in [-0.15, -0.1) is 0 Å². The number of benzene rings is 1. The first-order chi connectivity index (χ1) is 12.1. The molecule has 2 N–H and O–H groups in total. The fourth-order valence-corrected chi connectivity index (χ4v) is 3.30. The molecule has 3 rings (SSSR count). The summed E-state index contributed by atoms with van der Waals surface area (Å²) < 4.78 is 0. The lowest BCUT2D eigenvalue weighted by Crippen LogP contribution is -2.35. The zero-order valence-electron chi connectivity index (χ0n) is 15.0. The molecule has 5 heteroatoms. The minimum atomic E-state index is -0.107. The van der Waals surface area contributed by atoms with Gasteiger partial charge in [0.25, 0.3) is 5.91 Å². The quantitative estimate of drug-likeness (QED) is 0.816. The van der Waals surface area contributed by atoms with E-state index in [1.807, 2.05) is 38.1 Å². The van der Waals surface area contributed by atoms with Crippen molar-refractivity contribution in [2.45, 2.75) is 58.4 Å². The summed E-state index contributed by atoms with van der Waals surface area (Å²) in [6.45, 7) is 3.85. The van der Waals surface area contributed by atoms with Gasteiger partial charge in [-0.25, -0.2) is 9.97 Å². The van der Waals surface area contributed by atoms with Crippen LogP contribution in [0.4, 0.5) is 11.5 Å². The van der Waals surface area contributed by atoms with Crippen LogP contribution in [0.2, 0.25) is 0 Å². The molecule has 0 radical (unpaired) electrons. The summed E-state index contributed by atoms with van der Waals surface area (Å²) in [4.78, 5) is 21.3. The minimum absolute atomic E-state index is 0.107. The Kier molecular flexibility index (Phi) is 5.64. The molecule has 1 aromatic heterocycles. The summed E-state index contributed by atoms with van der Waals surface area (Å²) in [5.41, 5.74) is 2.54. The van der Waals surface area contributed by atoms with E-state index >= 15 is 0 Å². The predicted octanol–water partition coefficient (Wildman–Crippen LogP) is 4.29. The van der Waals surface area contributed by atoms with Gasteiger partial charge in [0.05, 0.1) is 0 Å². The molecule has 0 atom stereocenters. The van der Waals surface area contributed by atoms with Crippen LogP contribution in [-0.4, -0.2) is 21.9 Å². The predicted molar refractivity (Wildman–Crippen MR) is 100 cm³/mol. The Morgan fingerprint density at radius 1 is 1.04 bits per heavy atom. The summed E-state index contributed by atoms with van der Waals surface area (Å²) in [5.74, 6) is 1.12. The molecule has 1 fully saturated rings. The van der Waals surface area contributed by atoms with E-state index < -0.39 is 0 Å². The molecule has 1 saturated carbocycles. The van der Waals surface area contributed by atoms with Gasteiger partial charge in [-0.2, -0.15) is 0 Å². The molecule has 0 aliphatic heterocycles. The second-order valence-corrected chi connectivity index (χ2v) is 6.84. The zero-order valence-corrected chi connectivity index (χ0v) is 15.0. The Bertz CT molecular complexity index is 736. The van der Waals surface area contributed by atoms with Crippen molar-refractivity contribution in [3.8, 4) is 0 Å². The van der Waals surface area contributed by atoms with Crippen LogP contribution in [0.15, 0.2) is 30.3 Å². The van der Waals surface area contributed by atoms with E-state index in [1.165, 1.54) is 31.2 Å². The molecule has 0 spiro atoms. The fraction of sp³-hybridized carbons (Fsp3) is 0.450. The molecule has 25 heavy (non-hydrogen) atoms. The normalized spacial score (nSPS) is 15.4. The van der Waals surface area contributed by atoms with Crippen LogP contribution < -0.4 is 10.6 Å². The Labute approximate surface area is 149 Å². The summed E-state index contributed by atoms with van der Waals surface area (Å²) in [5, 5.41) is 6.41. The SMILES string of the molecule is Cc1cccc(Nc2cc(C(=O)NC3CCCCCC3)nc(C)n2)c1. The average molecular weight is 338 g/mol. The van der Waals surface area contributed by atoms with E-state index in [1.54, 1.807) is 6.07 Å². The average Bonchev–Trinajstić information content (AvgIpc) is 2.83. The van der Waals surface area contributed by atoms with E-state index in [9.17, 15) is 4.79 Å². The summed E-state index contributed by atoms with van der Waals surface area (Å²) in [6.07, 6.45) is 7.03. The topological polar surface area (TPSA) is 66.9 Å². The molecule has 5 nitrogen and oxygen atoms in total. The van der Waals surface area contributed by atoms with Crippen molar-refractivity contribution in [1.82, 2.24) is 15.3 Å². The van der Waals surface area contributed by atoms with Gasteiger partial charge in [0, 0.05) is 17.8 Å². The fourth-order valence-electron chi connectivity index (χ4n) is 3.30. The first-order valence-electron chi connectivity index (χ1n) is 9.10. The highest BCUT2D eigenvalue weighted by atomic mass is 16.1. The third-order valence-electron chi connectivity index (χ3n) is 4.55. The van der Waals surface area contributed by atoms with Gasteiger partial charge in [0.1, 0.15) is 17.3 Å². The van der Waals surface area contributed by atoms with Crippen LogP contribution in [-0.2, 0) is 0 Å². The maximum absolute atomic E-state index is 12.6. The van der Waals surface area contributed by atoms with Crippen molar-refractivity contribution in [3.63, 3.8) is 0 Å². The molecule has 2 aromatic rings. The van der Waals surface area contributed by atoms with Crippen LogP contribution in [0.5, 0.6) is 0 Å². The maximum Gasteiger partial charge on any atom is 0.270 e. The minimum Gasteiger partial charge on any atom is -0.348 e. The van der Waals surface area contributed by atoms with E-state index in [2.05, 4.69) is 20.6 Å². The van der Waals surface area contributed by atoms with Crippen LogP contribution in [0.3, 0.4) is 0 Å². The molecule has 1 aliphatic rings.